The first kappa shape index (κ1) is 19.5. The van der Waals surface area contributed by atoms with Crippen molar-refractivity contribution in [2.45, 2.75) is 31.1 Å². The molecule has 1 saturated carbocycles. The molecular formula is C25H25N3O3. The van der Waals surface area contributed by atoms with Gasteiger partial charge in [-0.05, 0) is 30.5 Å². The molecule has 1 aliphatic heterocycles. The van der Waals surface area contributed by atoms with Crippen LogP contribution >= 0.6 is 0 Å². The first-order valence-corrected chi connectivity index (χ1v) is 10.8. The number of hydrogen-bond donors (Lipinski definition) is 1. The van der Waals surface area contributed by atoms with Crippen LogP contribution in [0.3, 0.4) is 0 Å². The molecule has 0 saturated heterocycles. The summed E-state index contributed by atoms with van der Waals surface area (Å²) < 4.78 is 11.4. The van der Waals surface area contributed by atoms with Crippen LogP contribution in [0.1, 0.15) is 41.6 Å². The first-order valence-electron chi connectivity index (χ1n) is 10.8. The lowest BCUT2D eigenvalue weighted by Crippen LogP contribution is -2.39. The molecule has 0 atom stereocenters. The molecule has 2 aliphatic rings. The standard InChI is InChI=1S/C25H25N3O3/c29-24(19-15-26-23(27-16-19)18-6-2-1-3-7-18)28-17-25(10-4-5-11-25)20-8-9-21-22(14-20)31-13-12-30-21/h1-3,6-9,14-16H,4-5,10-13,17H2,(H,28,29). The average Bonchev–Trinajstić information content (AvgIpc) is 3.33. The van der Waals surface area contributed by atoms with E-state index in [1.54, 1.807) is 12.4 Å². The van der Waals surface area contributed by atoms with Gasteiger partial charge < -0.3 is 14.8 Å². The number of hydrogen-bond acceptors (Lipinski definition) is 5. The van der Waals surface area contributed by atoms with Gasteiger partial charge in [-0.15, -0.1) is 0 Å². The fraction of sp³-hybridized carbons (Fsp3) is 0.320. The Labute approximate surface area is 181 Å². The Balaban J connectivity index is 1.31. The van der Waals surface area contributed by atoms with E-state index >= 15 is 0 Å². The van der Waals surface area contributed by atoms with Crippen molar-refractivity contribution in [1.29, 1.82) is 0 Å². The molecule has 0 radical (unpaired) electrons. The van der Waals surface area contributed by atoms with Crippen molar-refractivity contribution in [3.63, 3.8) is 0 Å². The predicted octanol–water partition coefficient (Wildman–Crippen LogP) is 4.16. The topological polar surface area (TPSA) is 73.3 Å². The second-order valence-electron chi connectivity index (χ2n) is 8.19. The number of aromatic nitrogens is 2. The lowest BCUT2D eigenvalue weighted by atomic mass is 9.78. The Hall–Kier alpha value is -3.41. The number of fused-ring (bicyclic) bond motifs is 1. The number of ether oxygens (including phenoxy) is 2. The highest BCUT2D eigenvalue weighted by Crippen LogP contribution is 2.43. The predicted molar refractivity (Wildman–Crippen MR) is 117 cm³/mol. The highest BCUT2D eigenvalue weighted by molar-refractivity contribution is 5.93. The van der Waals surface area contributed by atoms with E-state index < -0.39 is 0 Å². The van der Waals surface area contributed by atoms with Crippen molar-refractivity contribution in [2.24, 2.45) is 0 Å². The molecule has 3 aromatic rings. The molecule has 0 spiro atoms. The summed E-state index contributed by atoms with van der Waals surface area (Å²) >= 11 is 0. The van der Waals surface area contributed by atoms with Crippen molar-refractivity contribution in [3.8, 4) is 22.9 Å². The monoisotopic (exact) mass is 415 g/mol. The largest absolute Gasteiger partial charge is 0.486 e. The van der Waals surface area contributed by atoms with Crippen LogP contribution in [-0.4, -0.2) is 35.6 Å². The quantitative estimate of drug-likeness (QED) is 0.678. The van der Waals surface area contributed by atoms with Gasteiger partial charge in [-0.2, -0.15) is 0 Å². The van der Waals surface area contributed by atoms with E-state index in [0.29, 0.717) is 31.1 Å². The lowest BCUT2D eigenvalue weighted by Gasteiger charge is -2.31. The number of nitrogens with zero attached hydrogens (tertiary/aromatic N) is 2. The molecule has 31 heavy (non-hydrogen) atoms. The molecule has 1 fully saturated rings. The second-order valence-corrected chi connectivity index (χ2v) is 8.19. The van der Waals surface area contributed by atoms with Crippen molar-refractivity contribution < 1.29 is 14.3 Å². The third-order valence-electron chi connectivity index (χ3n) is 6.25. The summed E-state index contributed by atoms with van der Waals surface area (Å²) in [6, 6.07) is 15.9. The Morgan fingerprint density at radius 2 is 1.65 bits per heavy atom. The molecule has 0 unspecified atom stereocenters. The summed E-state index contributed by atoms with van der Waals surface area (Å²) in [6.07, 6.45) is 7.57. The van der Waals surface area contributed by atoms with Crippen LogP contribution in [0.15, 0.2) is 60.9 Å². The molecule has 1 N–H and O–H groups in total. The smallest absolute Gasteiger partial charge is 0.254 e. The van der Waals surface area contributed by atoms with Gasteiger partial charge in [-0.25, -0.2) is 9.97 Å². The van der Waals surface area contributed by atoms with Crippen molar-refractivity contribution in [1.82, 2.24) is 15.3 Å². The summed E-state index contributed by atoms with van der Waals surface area (Å²) in [5.74, 6) is 2.05. The molecule has 2 aromatic carbocycles. The molecule has 2 heterocycles. The van der Waals surface area contributed by atoms with Gasteiger partial charge in [-0.3, -0.25) is 4.79 Å². The van der Waals surface area contributed by atoms with E-state index in [-0.39, 0.29) is 11.3 Å². The molecule has 1 aliphatic carbocycles. The van der Waals surface area contributed by atoms with E-state index in [9.17, 15) is 4.79 Å². The number of benzene rings is 2. The fourth-order valence-electron chi connectivity index (χ4n) is 4.53. The van der Waals surface area contributed by atoms with Gasteiger partial charge in [0.25, 0.3) is 5.91 Å². The number of amides is 1. The van der Waals surface area contributed by atoms with E-state index in [4.69, 9.17) is 9.47 Å². The molecule has 5 rings (SSSR count). The van der Waals surface area contributed by atoms with Crippen LogP contribution in [0.2, 0.25) is 0 Å². The number of nitrogens with one attached hydrogen (secondary N) is 1. The van der Waals surface area contributed by atoms with Crippen LogP contribution < -0.4 is 14.8 Å². The maximum absolute atomic E-state index is 12.8. The number of carbonyl (C=O) groups is 1. The van der Waals surface area contributed by atoms with Gasteiger partial charge in [0.2, 0.25) is 0 Å². The van der Waals surface area contributed by atoms with Gasteiger partial charge in [0.05, 0.1) is 5.56 Å². The average molecular weight is 415 g/mol. The summed E-state index contributed by atoms with van der Waals surface area (Å²) in [7, 11) is 0. The van der Waals surface area contributed by atoms with E-state index in [0.717, 1.165) is 42.7 Å². The van der Waals surface area contributed by atoms with Crippen LogP contribution in [-0.2, 0) is 5.41 Å². The zero-order valence-corrected chi connectivity index (χ0v) is 17.3. The number of rotatable bonds is 5. The van der Waals surface area contributed by atoms with Crippen LogP contribution in [0.5, 0.6) is 11.5 Å². The van der Waals surface area contributed by atoms with Crippen molar-refractivity contribution >= 4 is 5.91 Å². The Morgan fingerprint density at radius 1 is 0.935 bits per heavy atom. The molecule has 1 aromatic heterocycles. The highest BCUT2D eigenvalue weighted by Gasteiger charge is 2.37. The van der Waals surface area contributed by atoms with Gasteiger partial charge in [-0.1, -0.05) is 49.2 Å². The molecule has 0 bridgehead atoms. The number of carbonyl (C=O) groups excluding carboxylic acids is 1. The third-order valence-corrected chi connectivity index (χ3v) is 6.25. The SMILES string of the molecule is O=C(NCC1(c2ccc3c(c2)OCCO3)CCCC1)c1cnc(-c2ccccc2)nc1. The molecule has 6 heteroatoms. The van der Waals surface area contributed by atoms with Gasteiger partial charge in [0.1, 0.15) is 13.2 Å². The van der Waals surface area contributed by atoms with Gasteiger partial charge in [0, 0.05) is 29.9 Å². The van der Waals surface area contributed by atoms with E-state index in [1.807, 2.05) is 36.4 Å². The summed E-state index contributed by atoms with van der Waals surface area (Å²) in [5, 5.41) is 3.13. The zero-order valence-electron chi connectivity index (χ0n) is 17.3. The highest BCUT2D eigenvalue weighted by atomic mass is 16.6. The zero-order chi connectivity index (χ0) is 21.1. The van der Waals surface area contributed by atoms with E-state index in [2.05, 4.69) is 27.4 Å². The van der Waals surface area contributed by atoms with Gasteiger partial charge >= 0.3 is 0 Å². The maximum Gasteiger partial charge on any atom is 0.254 e. The summed E-state index contributed by atoms with van der Waals surface area (Å²) in [4.78, 5) is 21.6. The van der Waals surface area contributed by atoms with E-state index in [1.165, 1.54) is 5.56 Å². The molecule has 158 valence electrons. The molecule has 1 amide bonds. The minimum Gasteiger partial charge on any atom is -0.486 e. The van der Waals surface area contributed by atoms with Crippen LogP contribution in [0, 0.1) is 0 Å². The van der Waals surface area contributed by atoms with Crippen molar-refractivity contribution in [3.05, 3.63) is 72.1 Å². The third kappa shape index (κ3) is 3.98. The summed E-state index contributed by atoms with van der Waals surface area (Å²) in [6.45, 7) is 1.73. The lowest BCUT2D eigenvalue weighted by molar-refractivity contribution is 0.0942. The summed E-state index contributed by atoms with van der Waals surface area (Å²) in [5.41, 5.74) is 2.51. The minimum atomic E-state index is -0.150. The first-order chi connectivity index (χ1) is 15.2. The Kier molecular flexibility index (Phi) is 5.28. The molecule has 6 nitrogen and oxygen atoms in total. The Bertz CT molecular complexity index is 1060. The second kappa shape index (κ2) is 8.38. The maximum atomic E-state index is 12.8. The fourth-order valence-corrected chi connectivity index (χ4v) is 4.53. The minimum absolute atomic E-state index is 0.0870. The van der Waals surface area contributed by atoms with Gasteiger partial charge in [0.15, 0.2) is 17.3 Å². The Morgan fingerprint density at radius 3 is 2.39 bits per heavy atom. The van der Waals surface area contributed by atoms with Crippen LogP contribution in [0.4, 0.5) is 0 Å². The van der Waals surface area contributed by atoms with Crippen molar-refractivity contribution in [2.75, 3.05) is 19.8 Å². The molecular weight excluding hydrogens is 390 g/mol. The van der Waals surface area contributed by atoms with Crippen LogP contribution in [0.25, 0.3) is 11.4 Å². The normalized spacial score (nSPS) is 16.6.